The van der Waals surface area contributed by atoms with Crippen molar-refractivity contribution in [1.82, 2.24) is 4.98 Å². The topological polar surface area (TPSA) is 77.6 Å². The second-order valence-corrected chi connectivity index (χ2v) is 10.2. The van der Waals surface area contributed by atoms with E-state index in [2.05, 4.69) is 13.8 Å². The normalized spacial score (nSPS) is 21.8. The first-order chi connectivity index (χ1) is 14.6. The van der Waals surface area contributed by atoms with Crippen molar-refractivity contribution in [3.63, 3.8) is 0 Å². The molecule has 0 saturated carbocycles. The zero-order valence-electron chi connectivity index (χ0n) is 18.8. The molecule has 4 rings (SSSR count). The first kappa shape index (κ1) is 21.8. The van der Waals surface area contributed by atoms with E-state index in [0.717, 1.165) is 41.6 Å². The fourth-order valence-corrected chi connectivity index (χ4v) is 5.09. The SMILES string of the molecule is CC1=Nc2nc3c(c(N)c2C(c2ccccc2Cl)C1C(=O)OC(C)C)CC(C)(C)CC3. The number of aliphatic imine (C=N–C) groups is 1. The Morgan fingerprint density at radius 2 is 2.00 bits per heavy atom. The summed E-state index contributed by atoms with van der Waals surface area (Å²) in [7, 11) is 0. The first-order valence-electron chi connectivity index (χ1n) is 10.9. The van der Waals surface area contributed by atoms with E-state index < -0.39 is 11.8 Å². The van der Waals surface area contributed by atoms with Gasteiger partial charge in [-0.3, -0.25) is 4.79 Å². The number of halogens is 1. The summed E-state index contributed by atoms with van der Waals surface area (Å²) in [5.74, 6) is -0.708. The van der Waals surface area contributed by atoms with Gasteiger partial charge in [0.1, 0.15) is 5.92 Å². The molecule has 6 heteroatoms. The molecule has 164 valence electrons. The zero-order valence-corrected chi connectivity index (χ0v) is 19.6. The van der Waals surface area contributed by atoms with Crippen LogP contribution in [-0.2, 0) is 22.4 Å². The van der Waals surface area contributed by atoms with Gasteiger partial charge in [0, 0.05) is 33.6 Å². The maximum absolute atomic E-state index is 13.2. The number of carbonyl (C=O) groups is 1. The summed E-state index contributed by atoms with van der Waals surface area (Å²) in [5, 5.41) is 0.591. The Labute approximate surface area is 189 Å². The third-order valence-electron chi connectivity index (χ3n) is 6.36. The minimum atomic E-state index is -0.603. The van der Waals surface area contributed by atoms with Gasteiger partial charge >= 0.3 is 5.97 Å². The molecular formula is C25H30ClN3O2. The van der Waals surface area contributed by atoms with Crippen molar-refractivity contribution in [3.8, 4) is 0 Å². The highest BCUT2D eigenvalue weighted by atomic mass is 35.5. The van der Waals surface area contributed by atoms with Crippen LogP contribution >= 0.6 is 11.6 Å². The lowest BCUT2D eigenvalue weighted by Gasteiger charge is -2.36. The lowest BCUT2D eigenvalue weighted by molar-refractivity contribution is -0.150. The Morgan fingerprint density at radius 3 is 2.68 bits per heavy atom. The number of nitrogens with zero attached hydrogens (tertiary/aromatic N) is 2. The number of carbonyl (C=O) groups excluding carboxylic acids is 1. The van der Waals surface area contributed by atoms with Crippen molar-refractivity contribution in [3.05, 3.63) is 51.7 Å². The van der Waals surface area contributed by atoms with Crippen LogP contribution in [0.3, 0.4) is 0 Å². The molecule has 2 unspecified atom stereocenters. The number of hydrogen-bond donors (Lipinski definition) is 1. The molecule has 2 aromatic rings. The van der Waals surface area contributed by atoms with Crippen molar-refractivity contribution in [2.24, 2.45) is 16.3 Å². The second kappa shape index (κ2) is 7.94. The zero-order chi connectivity index (χ0) is 22.5. The van der Waals surface area contributed by atoms with Crippen molar-refractivity contribution in [2.75, 3.05) is 5.73 Å². The molecule has 0 radical (unpaired) electrons. The maximum atomic E-state index is 13.2. The number of rotatable bonds is 3. The van der Waals surface area contributed by atoms with E-state index in [4.69, 9.17) is 32.0 Å². The van der Waals surface area contributed by atoms with Crippen molar-refractivity contribution >= 4 is 34.8 Å². The van der Waals surface area contributed by atoms with Gasteiger partial charge in [-0.2, -0.15) is 0 Å². The minimum Gasteiger partial charge on any atom is -0.462 e. The standard InChI is InChI=1S/C25H30ClN3O2/c1-13(2)31-24(30)19-14(3)28-23-21(20(19)15-8-6-7-9-17(15)26)22(27)16-12-25(4,5)11-10-18(16)29-23/h6-9,13,19-20H,10-12H2,1-5H3,(H2,27,29). The summed E-state index contributed by atoms with van der Waals surface area (Å²) in [6.07, 6.45) is 2.57. The number of ether oxygens (including phenoxy) is 1. The number of anilines is 1. The van der Waals surface area contributed by atoms with Gasteiger partial charge in [-0.1, -0.05) is 43.6 Å². The summed E-state index contributed by atoms with van der Waals surface area (Å²) < 4.78 is 5.63. The van der Waals surface area contributed by atoms with Gasteiger partial charge in [-0.05, 0) is 62.6 Å². The molecule has 0 spiro atoms. The third kappa shape index (κ3) is 3.96. The lowest BCUT2D eigenvalue weighted by atomic mass is 9.72. The van der Waals surface area contributed by atoms with Crippen LogP contribution in [0.25, 0.3) is 0 Å². The molecule has 0 bridgehead atoms. The van der Waals surface area contributed by atoms with Crippen molar-refractivity contribution < 1.29 is 9.53 Å². The molecule has 2 heterocycles. The molecule has 0 amide bonds. The molecule has 2 atom stereocenters. The summed E-state index contributed by atoms with van der Waals surface area (Å²) in [5.41, 5.74) is 12.1. The van der Waals surface area contributed by atoms with Crippen molar-refractivity contribution in [2.45, 2.75) is 65.9 Å². The van der Waals surface area contributed by atoms with Crippen LogP contribution in [0.4, 0.5) is 11.5 Å². The van der Waals surface area contributed by atoms with Crippen LogP contribution in [0.2, 0.25) is 5.02 Å². The van der Waals surface area contributed by atoms with Gasteiger partial charge in [0.2, 0.25) is 0 Å². The summed E-state index contributed by atoms with van der Waals surface area (Å²) in [6, 6.07) is 7.61. The average molecular weight is 440 g/mol. The fourth-order valence-electron chi connectivity index (χ4n) is 4.83. The molecule has 1 aromatic heterocycles. The van der Waals surface area contributed by atoms with Crippen LogP contribution in [0, 0.1) is 11.3 Å². The van der Waals surface area contributed by atoms with E-state index in [-0.39, 0.29) is 17.5 Å². The smallest absolute Gasteiger partial charge is 0.315 e. The molecule has 1 aliphatic carbocycles. The van der Waals surface area contributed by atoms with Gasteiger partial charge in [0.05, 0.1) is 6.10 Å². The molecule has 5 nitrogen and oxygen atoms in total. The van der Waals surface area contributed by atoms with Crippen LogP contribution in [0.1, 0.15) is 69.3 Å². The number of nitrogen functional groups attached to an aromatic ring is 1. The van der Waals surface area contributed by atoms with Crippen LogP contribution in [0.5, 0.6) is 0 Å². The monoisotopic (exact) mass is 439 g/mol. The number of fused-ring (bicyclic) bond motifs is 2. The fraction of sp³-hybridized carbons (Fsp3) is 0.480. The first-order valence-corrected chi connectivity index (χ1v) is 11.3. The number of hydrogen-bond acceptors (Lipinski definition) is 5. The Balaban J connectivity index is 1.96. The quantitative estimate of drug-likeness (QED) is 0.628. The van der Waals surface area contributed by atoms with Gasteiger partial charge in [0.25, 0.3) is 0 Å². The molecule has 2 aliphatic rings. The highest BCUT2D eigenvalue weighted by Crippen LogP contribution is 2.50. The van der Waals surface area contributed by atoms with Crippen molar-refractivity contribution in [1.29, 1.82) is 0 Å². The molecular weight excluding hydrogens is 410 g/mol. The number of aromatic nitrogens is 1. The number of benzene rings is 1. The Morgan fingerprint density at radius 1 is 1.29 bits per heavy atom. The summed E-state index contributed by atoms with van der Waals surface area (Å²) in [4.78, 5) is 22.9. The highest BCUT2D eigenvalue weighted by molar-refractivity contribution is 6.31. The number of pyridine rings is 1. The van der Waals surface area contributed by atoms with E-state index in [1.807, 2.05) is 45.0 Å². The van der Waals surface area contributed by atoms with E-state index >= 15 is 0 Å². The number of esters is 1. The molecule has 31 heavy (non-hydrogen) atoms. The number of aryl methyl sites for hydroxylation is 1. The van der Waals surface area contributed by atoms with E-state index in [1.165, 1.54) is 0 Å². The third-order valence-corrected chi connectivity index (χ3v) is 6.71. The Bertz CT molecular complexity index is 1070. The molecule has 1 aromatic carbocycles. The molecule has 0 fully saturated rings. The largest absolute Gasteiger partial charge is 0.462 e. The van der Waals surface area contributed by atoms with E-state index in [0.29, 0.717) is 22.2 Å². The van der Waals surface area contributed by atoms with Gasteiger partial charge in [-0.15, -0.1) is 0 Å². The van der Waals surface area contributed by atoms with Crippen LogP contribution in [-0.4, -0.2) is 22.8 Å². The maximum Gasteiger partial charge on any atom is 0.315 e. The minimum absolute atomic E-state index is 0.154. The Hall–Kier alpha value is -2.40. The number of nitrogens with two attached hydrogens (primary N) is 1. The molecule has 1 aliphatic heterocycles. The second-order valence-electron chi connectivity index (χ2n) is 9.74. The highest BCUT2D eigenvalue weighted by Gasteiger charge is 2.43. The molecule has 2 N–H and O–H groups in total. The van der Waals surface area contributed by atoms with E-state index in [1.54, 1.807) is 0 Å². The lowest BCUT2D eigenvalue weighted by Crippen LogP contribution is -2.36. The van der Waals surface area contributed by atoms with Crippen LogP contribution < -0.4 is 5.73 Å². The van der Waals surface area contributed by atoms with Crippen LogP contribution in [0.15, 0.2) is 29.3 Å². The average Bonchev–Trinajstić information content (AvgIpc) is 2.67. The van der Waals surface area contributed by atoms with Gasteiger partial charge in [-0.25, -0.2) is 9.98 Å². The van der Waals surface area contributed by atoms with Gasteiger partial charge < -0.3 is 10.5 Å². The molecule has 0 saturated heterocycles. The van der Waals surface area contributed by atoms with Gasteiger partial charge in [0.15, 0.2) is 5.82 Å². The summed E-state index contributed by atoms with van der Waals surface area (Å²) >= 11 is 6.64. The summed E-state index contributed by atoms with van der Waals surface area (Å²) in [6.45, 7) is 10.1. The predicted molar refractivity (Wildman–Crippen MR) is 125 cm³/mol. The predicted octanol–water partition coefficient (Wildman–Crippen LogP) is 5.64. The van der Waals surface area contributed by atoms with E-state index in [9.17, 15) is 4.79 Å². The Kier molecular flexibility index (Phi) is 5.59.